The Labute approximate surface area is 182 Å². The molecule has 1 atom stereocenters. The van der Waals surface area contributed by atoms with E-state index in [0.717, 1.165) is 5.56 Å². The number of fused-ring (bicyclic) bond motifs is 1. The number of nitrogens with one attached hydrogen (secondary N) is 1. The molecule has 1 heterocycles. The molecule has 1 N–H and O–H groups in total. The maximum absolute atomic E-state index is 12.7. The highest BCUT2D eigenvalue weighted by molar-refractivity contribution is 6.35. The van der Waals surface area contributed by atoms with Gasteiger partial charge in [0.15, 0.2) is 0 Å². The van der Waals surface area contributed by atoms with Gasteiger partial charge in [0.1, 0.15) is 6.33 Å². The number of nitrogens with zero attached hydrogens (tertiary/aromatic N) is 2. The Bertz CT molecular complexity index is 1300. The molecular weight excluding hydrogens is 421 g/mol. The molecule has 3 aromatic carbocycles. The molecule has 0 bridgehead atoms. The fourth-order valence-electron chi connectivity index (χ4n) is 3.24. The van der Waals surface area contributed by atoms with Crippen LogP contribution < -0.4 is 10.9 Å². The molecule has 5 nitrogen and oxygen atoms in total. The van der Waals surface area contributed by atoms with Gasteiger partial charge in [0.05, 0.1) is 22.6 Å². The van der Waals surface area contributed by atoms with Crippen molar-refractivity contribution in [1.82, 2.24) is 14.9 Å². The van der Waals surface area contributed by atoms with Gasteiger partial charge in [-0.1, -0.05) is 41.4 Å². The molecule has 30 heavy (non-hydrogen) atoms. The third-order valence-electron chi connectivity index (χ3n) is 4.85. The van der Waals surface area contributed by atoms with Gasteiger partial charge in [-0.05, 0) is 61.0 Å². The van der Waals surface area contributed by atoms with E-state index in [9.17, 15) is 9.59 Å². The van der Waals surface area contributed by atoms with E-state index in [1.807, 2.05) is 13.0 Å². The highest BCUT2D eigenvalue weighted by atomic mass is 35.5. The molecule has 0 aliphatic rings. The lowest BCUT2D eigenvalue weighted by atomic mass is 10.1. The van der Waals surface area contributed by atoms with Gasteiger partial charge in [0, 0.05) is 15.6 Å². The van der Waals surface area contributed by atoms with Gasteiger partial charge >= 0.3 is 0 Å². The Morgan fingerprint density at radius 1 is 1.03 bits per heavy atom. The Hall–Kier alpha value is -3.15. The van der Waals surface area contributed by atoms with Crippen molar-refractivity contribution in [2.75, 3.05) is 0 Å². The van der Waals surface area contributed by atoms with E-state index in [4.69, 9.17) is 23.2 Å². The van der Waals surface area contributed by atoms with Crippen molar-refractivity contribution in [1.29, 1.82) is 0 Å². The molecule has 7 heteroatoms. The van der Waals surface area contributed by atoms with Crippen LogP contribution in [0, 0.1) is 0 Å². The van der Waals surface area contributed by atoms with Crippen LogP contribution in [0.1, 0.15) is 28.9 Å². The summed E-state index contributed by atoms with van der Waals surface area (Å²) in [5, 5.41) is 4.49. The number of rotatable bonds is 4. The first-order chi connectivity index (χ1) is 14.4. The zero-order chi connectivity index (χ0) is 21.3. The standard InChI is InChI=1S/C23H17Cl2N3O2/c1-14(18-11-8-16(24)12-20(18)25)27-22(29)15-6-9-17(10-7-15)28-13-26-21-5-3-2-4-19(21)23(28)30/h2-14H,1H3,(H,27,29). The van der Waals surface area contributed by atoms with Crippen LogP contribution in [-0.4, -0.2) is 15.5 Å². The monoisotopic (exact) mass is 437 g/mol. The van der Waals surface area contributed by atoms with Gasteiger partial charge in [0.25, 0.3) is 11.5 Å². The molecule has 0 saturated carbocycles. The number of carbonyl (C=O) groups excluding carboxylic acids is 1. The summed E-state index contributed by atoms with van der Waals surface area (Å²) in [4.78, 5) is 29.7. The molecular formula is C23H17Cl2N3O2. The van der Waals surface area contributed by atoms with Crippen molar-refractivity contribution in [2.45, 2.75) is 13.0 Å². The van der Waals surface area contributed by atoms with E-state index in [1.165, 1.54) is 10.9 Å². The van der Waals surface area contributed by atoms with Crippen molar-refractivity contribution in [2.24, 2.45) is 0 Å². The molecule has 150 valence electrons. The zero-order valence-corrected chi connectivity index (χ0v) is 17.5. The fraction of sp³-hybridized carbons (Fsp3) is 0.0870. The Kier molecular flexibility index (Phi) is 5.57. The smallest absolute Gasteiger partial charge is 0.265 e. The summed E-state index contributed by atoms with van der Waals surface area (Å²) in [6.45, 7) is 1.85. The summed E-state index contributed by atoms with van der Waals surface area (Å²) in [6, 6.07) is 18.8. The van der Waals surface area contributed by atoms with Crippen molar-refractivity contribution in [3.8, 4) is 5.69 Å². The minimum atomic E-state index is -0.297. The molecule has 1 aromatic heterocycles. The van der Waals surface area contributed by atoms with Crippen LogP contribution in [0.15, 0.2) is 77.9 Å². The highest BCUT2D eigenvalue weighted by Crippen LogP contribution is 2.26. The fourth-order valence-corrected chi connectivity index (χ4v) is 3.81. The third kappa shape index (κ3) is 3.95. The van der Waals surface area contributed by atoms with E-state index in [0.29, 0.717) is 32.2 Å². The average molecular weight is 438 g/mol. The summed E-state index contributed by atoms with van der Waals surface area (Å²) in [5.41, 5.74) is 2.36. The second-order valence-corrected chi connectivity index (χ2v) is 7.69. The third-order valence-corrected chi connectivity index (χ3v) is 5.41. The number of para-hydroxylation sites is 1. The quantitative estimate of drug-likeness (QED) is 0.478. The summed E-state index contributed by atoms with van der Waals surface area (Å²) in [5.74, 6) is -0.246. The van der Waals surface area contributed by atoms with Crippen molar-refractivity contribution < 1.29 is 4.79 Å². The minimum absolute atomic E-state index is 0.163. The zero-order valence-electron chi connectivity index (χ0n) is 16.0. The van der Waals surface area contributed by atoms with Crippen LogP contribution in [0.5, 0.6) is 0 Å². The predicted octanol–water partition coefficient (Wildman–Crippen LogP) is 5.18. The van der Waals surface area contributed by atoms with E-state index in [1.54, 1.807) is 60.7 Å². The van der Waals surface area contributed by atoms with Gasteiger partial charge < -0.3 is 5.32 Å². The van der Waals surface area contributed by atoms with E-state index >= 15 is 0 Å². The first kappa shape index (κ1) is 20.1. The van der Waals surface area contributed by atoms with Crippen molar-refractivity contribution in [3.05, 3.63) is 105 Å². The Morgan fingerprint density at radius 3 is 2.50 bits per heavy atom. The Morgan fingerprint density at radius 2 is 1.77 bits per heavy atom. The molecule has 0 fully saturated rings. The lowest BCUT2D eigenvalue weighted by Crippen LogP contribution is -2.27. The SMILES string of the molecule is CC(NC(=O)c1ccc(-n2cnc3ccccc3c2=O)cc1)c1ccc(Cl)cc1Cl. The number of amides is 1. The van der Waals surface area contributed by atoms with Gasteiger partial charge in [-0.2, -0.15) is 0 Å². The van der Waals surface area contributed by atoms with E-state index in [-0.39, 0.29) is 17.5 Å². The van der Waals surface area contributed by atoms with Crippen LogP contribution in [0.3, 0.4) is 0 Å². The van der Waals surface area contributed by atoms with Gasteiger partial charge in [-0.3, -0.25) is 14.2 Å². The van der Waals surface area contributed by atoms with Crippen LogP contribution >= 0.6 is 23.2 Å². The maximum atomic E-state index is 12.7. The van der Waals surface area contributed by atoms with E-state index in [2.05, 4.69) is 10.3 Å². The Balaban J connectivity index is 1.55. The number of benzene rings is 3. The van der Waals surface area contributed by atoms with Crippen LogP contribution in [-0.2, 0) is 0 Å². The molecule has 1 unspecified atom stereocenters. The molecule has 0 saturated heterocycles. The second kappa shape index (κ2) is 8.30. The molecule has 0 aliphatic carbocycles. The molecule has 0 spiro atoms. The topological polar surface area (TPSA) is 64.0 Å². The number of aromatic nitrogens is 2. The first-order valence-electron chi connectivity index (χ1n) is 9.26. The minimum Gasteiger partial charge on any atom is -0.345 e. The molecule has 4 aromatic rings. The largest absolute Gasteiger partial charge is 0.345 e. The number of hydrogen-bond donors (Lipinski definition) is 1. The van der Waals surface area contributed by atoms with Gasteiger partial charge in [-0.25, -0.2) is 4.98 Å². The maximum Gasteiger partial charge on any atom is 0.265 e. The van der Waals surface area contributed by atoms with Gasteiger partial charge in [-0.15, -0.1) is 0 Å². The molecule has 1 amide bonds. The second-order valence-electron chi connectivity index (χ2n) is 6.84. The first-order valence-corrected chi connectivity index (χ1v) is 10.0. The normalized spacial score (nSPS) is 12.0. The summed E-state index contributed by atoms with van der Waals surface area (Å²) in [7, 11) is 0. The molecule has 4 rings (SSSR count). The molecule has 0 aliphatic heterocycles. The van der Waals surface area contributed by atoms with Crippen LogP contribution in [0.2, 0.25) is 10.0 Å². The lowest BCUT2D eigenvalue weighted by molar-refractivity contribution is 0.0940. The van der Waals surface area contributed by atoms with Crippen molar-refractivity contribution in [3.63, 3.8) is 0 Å². The summed E-state index contributed by atoms with van der Waals surface area (Å²) < 4.78 is 1.46. The number of carbonyl (C=O) groups is 1. The number of halogens is 2. The van der Waals surface area contributed by atoms with Crippen molar-refractivity contribution >= 4 is 40.0 Å². The average Bonchev–Trinajstić information content (AvgIpc) is 2.74. The van der Waals surface area contributed by atoms with Gasteiger partial charge in [0.2, 0.25) is 0 Å². The lowest BCUT2D eigenvalue weighted by Gasteiger charge is -2.16. The predicted molar refractivity (Wildman–Crippen MR) is 120 cm³/mol. The van der Waals surface area contributed by atoms with Crippen LogP contribution in [0.4, 0.5) is 0 Å². The number of hydrogen-bond acceptors (Lipinski definition) is 3. The summed E-state index contributed by atoms with van der Waals surface area (Å²) >= 11 is 12.2. The summed E-state index contributed by atoms with van der Waals surface area (Å²) in [6.07, 6.45) is 1.49. The highest BCUT2D eigenvalue weighted by Gasteiger charge is 2.15. The van der Waals surface area contributed by atoms with Crippen LogP contribution in [0.25, 0.3) is 16.6 Å². The van der Waals surface area contributed by atoms with E-state index < -0.39 is 0 Å². The molecule has 0 radical (unpaired) electrons.